The van der Waals surface area contributed by atoms with Crippen LogP contribution in [-0.4, -0.2) is 31.4 Å². The number of nitrogens with zero attached hydrogens (tertiary/aromatic N) is 2. The minimum atomic E-state index is -0.471. The number of hydrazone groups is 1. The van der Waals surface area contributed by atoms with Crippen molar-refractivity contribution in [3.8, 4) is 23.3 Å². The Bertz CT molecular complexity index is 1270. The average Bonchev–Trinajstić information content (AvgIpc) is 3.35. The largest absolute Gasteiger partial charge is 0.489 e. The van der Waals surface area contributed by atoms with Crippen molar-refractivity contribution in [1.29, 1.82) is 5.26 Å². The van der Waals surface area contributed by atoms with Crippen molar-refractivity contribution in [1.82, 2.24) is 10.7 Å². The number of fused-ring (bicyclic) bond motifs is 1. The van der Waals surface area contributed by atoms with Crippen LogP contribution in [0.3, 0.4) is 0 Å². The zero-order valence-electron chi connectivity index (χ0n) is 18.0. The minimum Gasteiger partial charge on any atom is -0.489 e. The summed E-state index contributed by atoms with van der Waals surface area (Å²) < 4.78 is 16.2. The second-order valence-corrected chi connectivity index (χ2v) is 7.17. The van der Waals surface area contributed by atoms with Crippen LogP contribution in [0.15, 0.2) is 71.8 Å². The molecule has 0 atom stereocenters. The summed E-state index contributed by atoms with van der Waals surface area (Å²) in [5.41, 5.74) is 4.85. The molecule has 1 aliphatic rings. The van der Waals surface area contributed by atoms with Crippen LogP contribution in [0.4, 0.5) is 0 Å². The van der Waals surface area contributed by atoms with Crippen molar-refractivity contribution in [2.24, 2.45) is 5.10 Å². The van der Waals surface area contributed by atoms with Gasteiger partial charge in [0.2, 0.25) is 6.79 Å². The maximum atomic E-state index is 12.2. The number of hydrogen-bond acceptors (Lipinski definition) is 7. The molecule has 4 rings (SSSR count). The first-order valence-corrected chi connectivity index (χ1v) is 10.3. The molecule has 1 heterocycles. The quantitative estimate of drug-likeness (QED) is 0.397. The molecular formula is C25H20N4O5. The third kappa shape index (κ3) is 5.69. The third-order valence-corrected chi connectivity index (χ3v) is 4.86. The van der Waals surface area contributed by atoms with Crippen molar-refractivity contribution in [2.75, 3.05) is 13.3 Å². The average molecular weight is 456 g/mol. The maximum absolute atomic E-state index is 12.2. The summed E-state index contributed by atoms with van der Waals surface area (Å²) in [6.45, 7) is 0.167. The highest BCUT2D eigenvalue weighted by molar-refractivity contribution is 5.97. The van der Waals surface area contributed by atoms with E-state index in [1.165, 1.54) is 6.21 Å². The Labute approximate surface area is 195 Å². The number of amides is 2. The molecule has 0 aliphatic carbocycles. The SMILES string of the molecule is N#Cc1ccccc1COc1ccc(C=NNC(=O)CNC(=O)c2ccc3c(c2)OCO3)cc1. The van der Waals surface area contributed by atoms with Gasteiger partial charge in [0.05, 0.1) is 24.4 Å². The summed E-state index contributed by atoms with van der Waals surface area (Å²) in [5.74, 6) is 0.824. The van der Waals surface area contributed by atoms with Crippen molar-refractivity contribution >= 4 is 18.0 Å². The summed E-state index contributed by atoms with van der Waals surface area (Å²) in [4.78, 5) is 24.2. The van der Waals surface area contributed by atoms with E-state index in [9.17, 15) is 9.59 Å². The minimum absolute atomic E-state index is 0.118. The van der Waals surface area contributed by atoms with Gasteiger partial charge in [0.1, 0.15) is 12.4 Å². The molecule has 0 fully saturated rings. The summed E-state index contributed by atoms with van der Waals surface area (Å²) in [6.07, 6.45) is 1.48. The van der Waals surface area contributed by atoms with Crippen LogP contribution in [-0.2, 0) is 11.4 Å². The molecule has 0 saturated heterocycles. The Morgan fingerprint density at radius 2 is 1.85 bits per heavy atom. The van der Waals surface area contributed by atoms with E-state index in [0.717, 1.165) is 11.1 Å². The van der Waals surface area contributed by atoms with E-state index in [2.05, 4.69) is 21.9 Å². The van der Waals surface area contributed by atoms with Crippen molar-refractivity contribution in [3.05, 3.63) is 89.0 Å². The topological polar surface area (TPSA) is 122 Å². The molecule has 170 valence electrons. The van der Waals surface area contributed by atoms with Crippen LogP contribution in [0.2, 0.25) is 0 Å². The fourth-order valence-electron chi connectivity index (χ4n) is 3.09. The molecule has 9 nitrogen and oxygen atoms in total. The Morgan fingerprint density at radius 3 is 2.68 bits per heavy atom. The van der Waals surface area contributed by atoms with Gasteiger partial charge in [-0.1, -0.05) is 18.2 Å². The van der Waals surface area contributed by atoms with E-state index >= 15 is 0 Å². The van der Waals surface area contributed by atoms with E-state index in [0.29, 0.717) is 28.4 Å². The van der Waals surface area contributed by atoms with Crippen LogP contribution in [0.5, 0.6) is 17.2 Å². The number of rotatable bonds is 8. The lowest BCUT2D eigenvalue weighted by molar-refractivity contribution is -0.120. The monoisotopic (exact) mass is 456 g/mol. The van der Waals surface area contributed by atoms with E-state index in [4.69, 9.17) is 19.5 Å². The van der Waals surface area contributed by atoms with E-state index in [-0.39, 0.29) is 19.9 Å². The van der Waals surface area contributed by atoms with Crippen molar-refractivity contribution in [2.45, 2.75) is 6.61 Å². The summed E-state index contributed by atoms with van der Waals surface area (Å²) >= 11 is 0. The number of nitrogens with one attached hydrogen (secondary N) is 2. The van der Waals surface area contributed by atoms with Crippen LogP contribution < -0.4 is 25.0 Å². The van der Waals surface area contributed by atoms with Gasteiger partial charge >= 0.3 is 0 Å². The molecule has 3 aromatic rings. The Kier molecular flexibility index (Phi) is 7.00. The lowest BCUT2D eigenvalue weighted by Gasteiger charge is -2.07. The van der Waals surface area contributed by atoms with Gasteiger partial charge in [0.25, 0.3) is 11.8 Å². The Hall–Kier alpha value is -4.84. The molecular weight excluding hydrogens is 436 g/mol. The van der Waals surface area contributed by atoms with E-state index < -0.39 is 11.8 Å². The van der Waals surface area contributed by atoms with Crippen LogP contribution >= 0.6 is 0 Å². The number of hydrogen-bond donors (Lipinski definition) is 2. The number of benzene rings is 3. The maximum Gasteiger partial charge on any atom is 0.259 e. The molecule has 3 aromatic carbocycles. The molecule has 0 aromatic heterocycles. The Balaban J connectivity index is 1.21. The zero-order valence-corrected chi connectivity index (χ0v) is 18.0. The van der Waals surface area contributed by atoms with Gasteiger partial charge in [-0.05, 0) is 54.1 Å². The second kappa shape index (κ2) is 10.7. The summed E-state index contributed by atoms with van der Waals surface area (Å²) in [6, 6.07) is 21.3. The summed E-state index contributed by atoms with van der Waals surface area (Å²) in [7, 11) is 0. The molecule has 0 bridgehead atoms. The zero-order chi connectivity index (χ0) is 23.8. The van der Waals surface area contributed by atoms with Crippen LogP contribution in [0.25, 0.3) is 0 Å². The van der Waals surface area contributed by atoms with Gasteiger partial charge in [-0.25, -0.2) is 5.43 Å². The number of nitriles is 1. The standard InChI is InChI=1S/C25H20N4O5/c26-12-19-3-1-2-4-20(19)15-32-21-8-5-17(6-9-21)13-28-29-24(30)14-27-25(31)18-7-10-22-23(11-18)34-16-33-22/h1-11,13H,14-16H2,(H,27,31)(H,29,30). The first-order valence-electron chi connectivity index (χ1n) is 10.3. The molecule has 0 spiro atoms. The first-order chi connectivity index (χ1) is 16.6. The van der Waals surface area contributed by atoms with Crippen LogP contribution in [0.1, 0.15) is 27.0 Å². The van der Waals surface area contributed by atoms with Gasteiger partial charge in [0.15, 0.2) is 11.5 Å². The van der Waals surface area contributed by atoms with Gasteiger partial charge in [-0.2, -0.15) is 10.4 Å². The molecule has 2 amide bonds. The highest BCUT2D eigenvalue weighted by Gasteiger charge is 2.16. The van der Waals surface area contributed by atoms with Gasteiger partial charge in [-0.3, -0.25) is 9.59 Å². The number of ether oxygens (including phenoxy) is 3. The summed E-state index contributed by atoms with van der Waals surface area (Å²) in [5, 5.41) is 15.6. The van der Waals surface area contributed by atoms with E-state index in [1.54, 1.807) is 48.5 Å². The van der Waals surface area contributed by atoms with Gasteiger partial charge in [-0.15, -0.1) is 0 Å². The number of carbonyl (C=O) groups is 2. The smallest absolute Gasteiger partial charge is 0.259 e. The molecule has 0 unspecified atom stereocenters. The highest BCUT2D eigenvalue weighted by Crippen LogP contribution is 2.32. The Morgan fingerprint density at radius 1 is 1.06 bits per heavy atom. The fourth-order valence-corrected chi connectivity index (χ4v) is 3.09. The van der Waals surface area contributed by atoms with Gasteiger partial charge < -0.3 is 19.5 Å². The van der Waals surface area contributed by atoms with E-state index in [1.807, 2.05) is 18.2 Å². The van der Waals surface area contributed by atoms with Crippen molar-refractivity contribution in [3.63, 3.8) is 0 Å². The molecule has 2 N–H and O–H groups in total. The highest BCUT2D eigenvalue weighted by atomic mass is 16.7. The number of carbonyl (C=O) groups excluding carboxylic acids is 2. The second-order valence-electron chi connectivity index (χ2n) is 7.17. The lowest BCUT2D eigenvalue weighted by atomic mass is 10.1. The van der Waals surface area contributed by atoms with Crippen molar-refractivity contribution < 1.29 is 23.8 Å². The molecule has 1 aliphatic heterocycles. The third-order valence-electron chi connectivity index (χ3n) is 4.86. The first kappa shape index (κ1) is 22.4. The normalized spacial score (nSPS) is 11.6. The predicted octanol–water partition coefficient (Wildman–Crippen LogP) is 2.75. The molecule has 34 heavy (non-hydrogen) atoms. The predicted molar refractivity (Wildman–Crippen MR) is 123 cm³/mol. The van der Waals surface area contributed by atoms with Crippen LogP contribution in [0, 0.1) is 11.3 Å². The van der Waals surface area contributed by atoms with Gasteiger partial charge in [0, 0.05) is 11.1 Å². The molecule has 9 heteroatoms. The molecule has 0 saturated carbocycles. The molecule has 0 radical (unpaired) electrons. The lowest BCUT2D eigenvalue weighted by Crippen LogP contribution is -2.34. The fraction of sp³-hybridized carbons (Fsp3) is 0.120.